The standard InChI is InChI=1S/C29H22N2O3/c30-20-11-15-22(16-12-20)33-26-9-4-10-27(34-23-17-13-21(31)14-18-23)28(26)29(32)25-8-3-6-19-5-1-2-7-24(19)25/h1-18H,30-31H2. The minimum Gasteiger partial charge on any atom is -0.456 e. The van der Waals surface area contributed by atoms with Crippen LogP contribution < -0.4 is 20.9 Å². The summed E-state index contributed by atoms with van der Waals surface area (Å²) in [6.45, 7) is 0. The molecule has 0 aliphatic carbocycles. The molecule has 5 aromatic carbocycles. The molecular formula is C29H22N2O3. The van der Waals surface area contributed by atoms with Gasteiger partial charge in [0.25, 0.3) is 0 Å². The minimum absolute atomic E-state index is 0.201. The Labute approximate surface area is 197 Å². The van der Waals surface area contributed by atoms with Crippen molar-refractivity contribution in [2.24, 2.45) is 0 Å². The first-order valence-corrected chi connectivity index (χ1v) is 10.8. The molecule has 0 fully saturated rings. The van der Waals surface area contributed by atoms with Crippen LogP contribution in [0.2, 0.25) is 0 Å². The second-order valence-electron chi connectivity index (χ2n) is 7.83. The van der Waals surface area contributed by atoms with Gasteiger partial charge in [-0.2, -0.15) is 0 Å². The molecule has 0 bridgehead atoms. The predicted molar refractivity (Wildman–Crippen MR) is 136 cm³/mol. The molecule has 0 aliphatic rings. The average Bonchev–Trinajstić information content (AvgIpc) is 2.86. The van der Waals surface area contributed by atoms with Crippen LogP contribution in [0.15, 0.2) is 109 Å². The van der Waals surface area contributed by atoms with Crippen LogP contribution in [0.1, 0.15) is 15.9 Å². The average molecular weight is 447 g/mol. The van der Waals surface area contributed by atoms with E-state index in [1.54, 1.807) is 66.7 Å². The Morgan fingerprint density at radius 1 is 0.559 bits per heavy atom. The molecule has 5 nitrogen and oxygen atoms in total. The van der Waals surface area contributed by atoms with E-state index >= 15 is 0 Å². The van der Waals surface area contributed by atoms with E-state index in [0.29, 0.717) is 45.5 Å². The topological polar surface area (TPSA) is 87.6 Å². The maximum absolute atomic E-state index is 14.0. The lowest BCUT2D eigenvalue weighted by Gasteiger charge is -2.16. The van der Waals surface area contributed by atoms with Crippen molar-refractivity contribution in [2.45, 2.75) is 0 Å². The zero-order valence-corrected chi connectivity index (χ0v) is 18.3. The molecule has 0 saturated carbocycles. The first-order valence-electron chi connectivity index (χ1n) is 10.8. The van der Waals surface area contributed by atoms with Gasteiger partial charge in [0.05, 0.1) is 0 Å². The lowest BCUT2D eigenvalue weighted by atomic mass is 9.96. The highest BCUT2D eigenvalue weighted by Crippen LogP contribution is 2.37. The SMILES string of the molecule is Nc1ccc(Oc2cccc(Oc3ccc(N)cc3)c2C(=O)c2cccc3ccccc23)cc1. The Morgan fingerprint density at radius 3 is 1.65 bits per heavy atom. The third-order valence-electron chi connectivity index (χ3n) is 5.47. The Kier molecular flexibility index (Phi) is 5.58. The quantitative estimate of drug-likeness (QED) is 0.221. The van der Waals surface area contributed by atoms with Gasteiger partial charge in [-0.15, -0.1) is 0 Å². The summed E-state index contributed by atoms with van der Waals surface area (Å²) in [5.41, 5.74) is 13.8. The summed E-state index contributed by atoms with van der Waals surface area (Å²) >= 11 is 0. The van der Waals surface area contributed by atoms with Gasteiger partial charge >= 0.3 is 0 Å². The third kappa shape index (κ3) is 4.27. The highest BCUT2D eigenvalue weighted by atomic mass is 16.5. The van der Waals surface area contributed by atoms with E-state index in [9.17, 15) is 4.79 Å². The van der Waals surface area contributed by atoms with Gasteiger partial charge in [-0.3, -0.25) is 4.79 Å². The number of ketones is 1. The summed E-state index contributed by atoms with van der Waals surface area (Å²) < 4.78 is 12.3. The highest BCUT2D eigenvalue weighted by Gasteiger charge is 2.23. The first-order chi connectivity index (χ1) is 16.6. The van der Waals surface area contributed by atoms with Gasteiger partial charge in [-0.05, 0) is 71.4 Å². The molecule has 0 atom stereocenters. The number of carbonyl (C=O) groups is 1. The van der Waals surface area contributed by atoms with E-state index in [0.717, 1.165) is 10.8 Å². The number of anilines is 2. The van der Waals surface area contributed by atoms with Crippen LogP contribution >= 0.6 is 0 Å². The molecule has 5 aromatic rings. The number of fused-ring (bicyclic) bond motifs is 1. The summed E-state index contributed by atoms with van der Waals surface area (Å²) in [6.07, 6.45) is 0. The van der Waals surface area contributed by atoms with Crippen LogP contribution in [0, 0.1) is 0 Å². The first kappa shape index (κ1) is 21.1. The Bertz CT molecular complexity index is 1410. The summed E-state index contributed by atoms with van der Waals surface area (Å²) in [5.74, 6) is 1.69. The molecule has 34 heavy (non-hydrogen) atoms. The van der Waals surface area contributed by atoms with E-state index in [-0.39, 0.29) is 5.78 Å². The minimum atomic E-state index is -0.201. The molecule has 0 radical (unpaired) electrons. The van der Waals surface area contributed by atoms with Crippen LogP contribution in [0.5, 0.6) is 23.0 Å². The Hall–Kier alpha value is -4.77. The van der Waals surface area contributed by atoms with E-state index < -0.39 is 0 Å². The van der Waals surface area contributed by atoms with Crippen molar-refractivity contribution >= 4 is 27.9 Å². The van der Waals surface area contributed by atoms with E-state index in [2.05, 4.69) is 0 Å². The summed E-state index contributed by atoms with van der Waals surface area (Å²) in [4.78, 5) is 14.0. The number of nitrogens with two attached hydrogens (primary N) is 2. The van der Waals surface area contributed by atoms with Crippen LogP contribution in [0.3, 0.4) is 0 Å². The van der Waals surface area contributed by atoms with Crippen LogP contribution in [-0.2, 0) is 0 Å². The van der Waals surface area contributed by atoms with E-state index in [4.69, 9.17) is 20.9 Å². The number of hydrogen-bond acceptors (Lipinski definition) is 5. The van der Waals surface area contributed by atoms with Gasteiger partial charge in [0.15, 0.2) is 0 Å². The maximum Gasteiger partial charge on any atom is 0.201 e. The van der Waals surface area contributed by atoms with Gasteiger partial charge in [-0.25, -0.2) is 0 Å². The fourth-order valence-corrected chi connectivity index (χ4v) is 3.79. The summed E-state index contributed by atoms with van der Waals surface area (Å²) in [7, 11) is 0. The number of nitrogen functional groups attached to an aromatic ring is 2. The van der Waals surface area contributed by atoms with Crippen molar-refractivity contribution in [3.63, 3.8) is 0 Å². The zero-order valence-electron chi connectivity index (χ0n) is 18.3. The molecule has 0 spiro atoms. The number of rotatable bonds is 6. The van der Waals surface area contributed by atoms with Gasteiger partial charge in [0.1, 0.15) is 28.6 Å². The highest BCUT2D eigenvalue weighted by molar-refractivity contribution is 6.18. The van der Waals surface area contributed by atoms with Crippen LogP contribution in [0.4, 0.5) is 11.4 Å². The number of benzene rings is 5. The van der Waals surface area contributed by atoms with Crippen LogP contribution in [0.25, 0.3) is 10.8 Å². The van der Waals surface area contributed by atoms with Crippen molar-refractivity contribution in [3.05, 3.63) is 120 Å². The number of hydrogen-bond donors (Lipinski definition) is 2. The normalized spacial score (nSPS) is 10.7. The maximum atomic E-state index is 14.0. The largest absolute Gasteiger partial charge is 0.456 e. The van der Waals surface area contributed by atoms with Crippen LogP contribution in [-0.4, -0.2) is 5.78 Å². The molecule has 4 N–H and O–H groups in total. The molecule has 0 amide bonds. The molecule has 0 saturated heterocycles. The molecule has 0 unspecified atom stereocenters. The molecule has 5 rings (SSSR count). The molecule has 0 heterocycles. The second kappa shape index (κ2) is 9.00. The monoisotopic (exact) mass is 446 g/mol. The molecule has 5 heteroatoms. The lowest BCUT2D eigenvalue weighted by molar-refractivity contribution is 0.103. The summed E-state index contributed by atoms with van der Waals surface area (Å²) in [6, 6.07) is 32.8. The fraction of sp³-hybridized carbons (Fsp3) is 0. The molecular weight excluding hydrogens is 424 g/mol. The molecule has 0 aliphatic heterocycles. The van der Waals surface area contributed by atoms with Gasteiger partial charge in [0, 0.05) is 16.9 Å². The van der Waals surface area contributed by atoms with Gasteiger partial charge in [-0.1, -0.05) is 48.5 Å². The van der Waals surface area contributed by atoms with Crippen molar-refractivity contribution in [3.8, 4) is 23.0 Å². The lowest BCUT2D eigenvalue weighted by Crippen LogP contribution is -2.07. The number of carbonyl (C=O) groups excluding carboxylic acids is 1. The number of ether oxygens (including phenoxy) is 2. The second-order valence-corrected chi connectivity index (χ2v) is 7.83. The fourth-order valence-electron chi connectivity index (χ4n) is 3.79. The smallest absolute Gasteiger partial charge is 0.201 e. The predicted octanol–water partition coefficient (Wildman–Crippen LogP) is 6.82. The Morgan fingerprint density at radius 2 is 1.06 bits per heavy atom. The van der Waals surface area contributed by atoms with Gasteiger partial charge < -0.3 is 20.9 Å². The zero-order chi connectivity index (χ0) is 23.5. The third-order valence-corrected chi connectivity index (χ3v) is 5.47. The van der Waals surface area contributed by atoms with E-state index in [1.807, 2.05) is 42.5 Å². The Balaban J connectivity index is 1.64. The van der Waals surface area contributed by atoms with Crippen molar-refractivity contribution in [2.75, 3.05) is 11.5 Å². The van der Waals surface area contributed by atoms with Crippen molar-refractivity contribution in [1.29, 1.82) is 0 Å². The summed E-state index contributed by atoms with van der Waals surface area (Å²) in [5, 5.41) is 1.84. The van der Waals surface area contributed by atoms with E-state index in [1.165, 1.54) is 0 Å². The molecule has 0 aromatic heterocycles. The van der Waals surface area contributed by atoms with Crippen molar-refractivity contribution in [1.82, 2.24) is 0 Å². The molecule has 166 valence electrons. The van der Waals surface area contributed by atoms with Gasteiger partial charge in [0.2, 0.25) is 5.78 Å². The van der Waals surface area contributed by atoms with Crippen molar-refractivity contribution < 1.29 is 14.3 Å².